The summed E-state index contributed by atoms with van der Waals surface area (Å²) >= 11 is 0. The van der Waals surface area contributed by atoms with E-state index in [1.165, 1.54) is 10.5 Å². The van der Waals surface area contributed by atoms with Crippen molar-refractivity contribution in [3.63, 3.8) is 0 Å². The molecular formula is C33H30N4O4. The summed E-state index contributed by atoms with van der Waals surface area (Å²) in [6.07, 6.45) is 0.527. The van der Waals surface area contributed by atoms with E-state index in [9.17, 15) is 19.2 Å². The maximum absolute atomic E-state index is 13.5. The van der Waals surface area contributed by atoms with Gasteiger partial charge in [-0.2, -0.15) is 0 Å². The summed E-state index contributed by atoms with van der Waals surface area (Å²) in [5, 5.41) is 6.13. The van der Waals surface area contributed by atoms with Crippen molar-refractivity contribution in [3.8, 4) is 11.3 Å². The van der Waals surface area contributed by atoms with E-state index in [1.807, 2.05) is 54.6 Å². The molecule has 0 aliphatic carbocycles. The summed E-state index contributed by atoms with van der Waals surface area (Å²) < 4.78 is 0. The fourth-order valence-electron chi connectivity index (χ4n) is 5.57. The van der Waals surface area contributed by atoms with Crippen LogP contribution >= 0.6 is 0 Å². The first-order valence-electron chi connectivity index (χ1n) is 13.8. The Morgan fingerprint density at radius 2 is 1.80 bits per heavy atom. The van der Waals surface area contributed by atoms with E-state index >= 15 is 0 Å². The molecule has 1 saturated heterocycles. The van der Waals surface area contributed by atoms with Crippen LogP contribution in [-0.4, -0.2) is 39.6 Å². The predicted molar refractivity (Wildman–Crippen MR) is 155 cm³/mol. The van der Waals surface area contributed by atoms with Crippen LogP contribution in [0.15, 0.2) is 72.8 Å². The number of piperidine rings is 1. The first kappa shape index (κ1) is 26.4. The summed E-state index contributed by atoms with van der Waals surface area (Å²) in [6.45, 7) is 4.86. The van der Waals surface area contributed by atoms with Crippen LogP contribution in [0.5, 0.6) is 0 Å². The molecule has 1 unspecified atom stereocenters. The van der Waals surface area contributed by atoms with Gasteiger partial charge in [0.1, 0.15) is 6.04 Å². The Balaban J connectivity index is 1.21. The number of benzene rings is 3. The minimum Gasteiger partial charge on any atom is -0.348 e. The van der Waals surface area contributed by atoms with E-state index in [0.29, 0.717) is 23.5 Å². The van der Waals surface area contributed by atoms with Crippen LogP contribution in [0.1, 0.15) is 70.0 Å². The van der Waals surface area contributed by atoms with Crippen molar-refractivity contribution < 1.29 is 19.2 Å². The third kappa shape index (κ3) is 5.09. The van der Waals surface area contributed by atoms with Gasteiger partial charge in [0, 0.05) is 36.0 Å². The van der Waals surface area contributed by atoms with E-state index < -0.39 is 11.9 Å². The number of aromatic nitrogens is 1. The Labute approximate surface area is 237 Å². The van der Waals surface area contributed by atoms with Crippen LogP contribution in [0, 0.1) is 0 Å². The summed E-state index contributed by atoms with van der Waals surface area (Å²) in [5.74, 6) is -0.762. The molecule has 0 radical (unpaired) electrons. The molecule has 2 aliphatic heterocycles. The molecule has 0 spiro atoms. The molecule has 0 bridgehead atoms. The van der Waals surface area contributed by atoms with Gasteiger partial charge in [0.25, 0.3) is 11.8 Å². The molecule has 8 nitrogen and oxygen atoms in total. The first-order valence-corrected chi connectivity index (χ1v) is 13.8. The van der Waals surface area contributed by atoms with Crippen molar-refractivity contribution >= 4 is 34.5 Å². The highest BCUT2D eigenvalue weighted by molar-refractivity contribution is 6.07. The minimum atomic E-state index is -0.661. The summed E-state index contributed by atoms with van der Waals surface area (Å²) in [6, 6.07) is 22.5. The fraction of sp³-hybridized carbons (Fsp3) is 0.242. The number of nitrogens with one attached hydrogen (secondary N) is 2. The summed E-state index contributed by atoms with van der Waals surface area (Å²) in [5.41, 5.74) is 6.38. The molecule has 2 aliphatic rings. The second kappa shape index (κ2) is 10.6. The van der Waals surface area contributed by atoms with Crippen LogP contribution in [0.2, 0.25) is 0 Å². The van der Waals surface area contributed by atoms with Gasteiger partial charge in [-0.25, -0.2) is 4.98 Å². The lowest BCUT2D eigenvalue weighted by atomic mass is 9.99. The maximum atomic E-state index is 13.5. The molecule has 1 atom stereocenters. The van der Waals surface area contributed by atoms with Gasteiger partial charge in [0.2, 0.25) is 11.8 Å². The second-order valence-corrected chi connectivity index (χ2v) is 10.9. The number of imide groups is 1. The summed E-state index contributed by atoms with van der Waals surface area (Å²) in [4.78, 5) is 56.7. The van der Waals surface area contributed by atoms with Crippen molar-refractivity contribution in [1.82, 2.24) is 20.5 Å². The van der Waals surface area contributed by atoms with Crippen molar-refractivity contribution in [3.05, 3.63) is 101 Å². The van der Waals surface area contributed by atoms with Gasteiger partial charge < -0.3 is 10.2 Å². The zero-order valence-electron chi connectivity index (χ0n) is 22.9. The molecular weight excluding hydrogens is 516 g/mol. The average molecular weight is 547 g/mol. The molecule has 3 heterocycles. The standard InChI is InChI=1S/C33H30N4O4/c1-19(2)21-8-10-22(11-9-21)28-16-26(25-5-3-4-6-27(25)35-28)31(39)34-17-20-7-12-24-23(15-20)18-37(33(24)41)29-13-14-30(38)36-32(29)40/h3-12,15-16,19,29H,13-14,17-18H2,1-2H3,(H,34,39)(H,36,38,40). The van der Waals surface area contributed by atoms with Gasteiger partial charge in [0.15, 0.2) is 0 Å². The van der Waals surface area contributed by atoms with Crippen molar-refractivity contribution in [1.29, 1.82) is 0 Å². The molecule has 206 valence electrons. The molecule has 0 saturated carbocycles. The fourth-order valence-corrected chi connectivity index (χ4v) is 5.57. The van der Waals surface area contributed by atoms with Crippen LogP contribution in [0.3, 0.4) is 0 Å². The van der Waals surface area contributed by atoms with Gasteiger partial charge in [-0.05, 0) is 47.2 Å². The van der Waals surface area contributed by atoms with E-state index in [1.54, 1.807) is 6.07 Å². The lowest BCUT2D eigenvalue weighted by molar-refractivity contribution is -0.136. The zero-order chi connectivity index (χ0) is 28.7. The SMILES string of the molecule is CC(C)c1ccc(-c2cc(C(=O)NCc3ccc4c(c3)CN(C3CCC(=O)NC3=O)C4=O)c3ccccc3n2)cc1. The third-order valence-corrected chi connectivity index (χ3v) is 7.87. The van der Waals surface area contributed by atoms with Crippen LogP contribution in [0.4, 0.5) is 0 Å². The molecule has 41 heavy (non-hydrogen) atoms. The molecule has 1 aromatic heterocycles. The highest BCUT2D eigenvalue weighted by Crippen LogP contribution is 2.29. The number of carbonyl (C=O) groups is 4. The molecule has 6 rings (SSSR count). The van der Waals surface area contributed by atoms with E-state index in [4.69, 9.17) is 4.98 Å². The number of amides is 4. The zero-order valence-corrected chi connectivity index (χ0v) is 22.9. The molecule has 3 aromatic carbocycles. The highest BCUT2D eigenvalue weighted by atomic mass is 16.2. The minimum absolute atomic E-state index is 0.211. The number of pyridine rings is 1. The smallest absolute Gasteiger partial charge is 0.255 e. The normalized spacial score (nSPS) is 16.7. The Morgan fingerprint density at radius 1 is 1.02 bits per heavy atom. The van der Waals surface area contributed by atoms with Crippen LogP contribution < -0.4 is 10.6 Å². The third-order valence-electron chi connectivity index (χ3n) is 7.87. The lowest BCUT2D eigenvalue weighted by Gasteiger charge is -2.29. The number of rotatable bonds is 6. The number of nitrogens with zero attached hydrogens (tertiary/aromatic N) is 2. The predicted octanol–water partition coefficient (Wildman–Crippen LogP) is 4.72. The quantitative estimate of drug-likeness (QED) is 0.341. The highest BCUT2D eigenvalue weighted by Gasteiger charge is 2.39. The van der Waals surface area contributed by atoms with Gasteiger partial charge in [-0.1, -0.05) is 68.4 Å². The molecule has 1 fully saturated rings. The Bertz CT molecular complexity index is 1710. The number of para-hydroxylation sites is 1. The van der Waals surface area contributed by atoms with Gasteiger partial charge >= 0.3 is 0 Å². The lowest BCUT2D eigenvalue weighted by Crippen LogP contribution is -2.52. The maximum Gasteiger partial charge on any atom is 0.255 e. The summed E-state index contributed by atoms with van der Waals surface area (Å²) in [7, 11) is 0. The number of carbonyl (C=O) groups excluding carboxylic acids is 4. The van der Waals surface area contributed by atoms with Crippen molar-refractivity contribution in [2.24, 2.45) is 0 Å². The topological polar surface area (TPSA) is 108 Å². The van der Waals surface area contributed by atoms with E-state index in [2.05, 4.69) is 36.6 Å². The average Bonchev–Trinajstić information content (AvgIpc) is 3.30. The Hall–Kier alpha value is -4.85. The van der Waals surface area contributed by atoms with Crippen LogP contribution in [-0.2, 0) is 22.7 Å². The van der Waals surface area contributed by atoms with Crippen molar-refractivity contribution in [2.45, 2.75) is 51.7 Å². The van der Waals surface area contributed by atoms with Crippen molar-refractivity contribution in [2.75, 3.05) is 0 Å². The molecule has 4 amide bonds. The largest absolute Gasteiger partial charge is 0.348 e. The monoisotopic (exact) mass is 546 g/mol. The number of hydrogen-bond donors (Lipinski definition) is 2. The molecule has 4 aromatic rings. The molecule has 8 heteroatoms. The number of hydrogen-bond acceptors (Lipinski definition) is 5. The van der Waals surface area contributed by atoms with Crippen LogP contribution in [0.25, 0.3) is 22.2 Å². The van der Waals surface area contributed by atoms with Gasteiger partial charge in [-0.3, -0.25) is 24.5 Å². The van der Waals surface area contributed by atoms with Gasteiger partial charge in [0.05, 0.1) is 16.8 Å². The molecule has 2 N–H and O–H groups in total. The number of fused-ring (bicyclic) bond motifs is 2. The van der Waals surface area contributed by atoms with E-state index in [-0.39, 0.29) is 37.2 Å². The van der Waals surface area contributed by atoms with E-state index in [0.717, 1.165) is 33.3 Å². The first-order chi connectivity index (χ1) is 19.8. The van der Waals surface area contributed by atoms with Gasteiger partial charge in [-0.15, -0.1) is 0 Å². The Kier molecular flexibility index (Phi) is 6.83. The Morgan fingerprint density at radius 3 is 2.56 bits per heavy atom. The second-order valence-electron chi connectivity index (χ2n) is 10.9.